The highest BCUT2D eigenvalue weighted by atomic mass is 16.4. The predicted molar refractivity (Wildman–Crippen MR) is 74.9 cm³/mol. The van der Waals surface area contributed by atoms with Crippen molar-refractivity contribution in [3.63, 3.8) is 0 Å². The third kappa shape index (κ3) is 4.84. The molecule has 0 radical (unpaired) electrons. The molecule has 1 fully saturated rings. The number of unbranched alkanes of at least 4 members (excludes halogenated alkanes) is 1. The van der Waals surface area contributed by atoms with E-state index in [0.29, 0.717) is 0 Å². The highest BCUT2D eigenvalue weighted by Crippen LogP contribution is 2.26. The normalized spacial score (nSPS) is 17.4. The number of carboxylic acid groups (broad SMARTS) is 1. The topological polar surface area (TPSA) is 57.6 Å². The summed E-state index contributed by atoms with van der Waals surface area (Å²) in [5, 5.41) is 9.03. The molecule has 1 aliphatic carbocycles. The summed E-state index contributed by atoms with van der Waals surface area (Å²) in [4.78, 5) is 25.2. The molecule has 0 aromatic rings. The molecular formula is C15H27NO3. The fourth-order valence-corrected chi connectivity index (χ4v) is 2.94. The fourth-order valence-electron chi connectivity index (χ4n) is 2.94. The summed E-state index contributed by atoms with van der Waals surface area (Å²) < 4.78 is 0. The minimum Gasteiger partial charge on any atom is -0.480 e. The van der Waals surface area contributed by atoms with Crippen molar-refractivity contribution in [2.24, 2.45) is 5.92 Å². The molecule has 0 heterocycles. The van der Waals surface area contributed by atoms with E-state index >= 15 is 0 Å². The Kier molecular flexibility index (Phi) is 6.89. The maximum absolute atomic E-state index is 12.6. The van der Waals surface area contributed by atoms with Crippen molar-refractivity contribution in [3.05, 3.63) is 0 Å². The van der Waals surface area contributed by atoms with Crippen LogP contribution in [0.2, 0.25) is 0 Å². The zero-order chi connectivity index (χ0) is 14.3. The van der Waals surface area contributed by atoms with Crippen LogP contribution < -0.4 is 0 Å². The molecule has 0 aromatic carbocycles. The Morgan fingerprint density at radius 3 is 2.37 bits per heavy atom. The molecule has 1 aliphatic rings. The lowest BCUT2D eigenvalue weighted by Gasteiger charge is -2.30. The van der Waals surface area contributed by atoms with Gasteiger partial charge in [0.1, 0.15) is 6.54 Å². The summed E-state index contributed by atoms with van der Waals surface area (Å²) in [5.41, 5.74) is 0. The SMILES string of the molecule is CCCCC(CC)C(=O)N(CC(=O)O)C1CCCC1. The van der Waals surface area contributed by atoms with Gasteiger partial charge in [-0.2, -0.15) is 0 Å². The molecule has 0 aromatic heterocycles. The molecule has 0 saturated heterocycles. The van der Waals surface area contributed by atoms with E-state index in [4.69, 9.17) is 5.11 Å². The summed E-state index contributed by atoms with van der Waals surface area (Å²) in [7, 11) is 0. The number of carbonyl (C=O) groups is 2. The van der Waals surface area contributed by atoms with E-state index in [0.717, 1.165) is 51.4 Å². The van der Waals surface area contributed by atoms with Crippen molar-refractivity contribution in [1.29, 1.82) is 0 Å². The minimum absolute atomic E-state index is 0.0000926. The predicted octanol–water partition coefficient (Wildman–Crippen LogP) is 3.06. The molecule has 0 bridgehead atoms. The molecule has 1 saturated carbocycles. The Bertz CT molecular complexity index is 298. The van der Waals surface area contributed by atoms with Crippen LogP contribution in [0.25, 0.3) is 0 Å². The van der Waals surface area contributed by atoms with Gasteiger partial charge in [0.2, 0.25) is 5.91 Å². The van der Waals surface area contributed by atoms with E-state index in [-0.39, 0.29) is 24.4 Å². The van der Waals surface area contributed by atoms with Crippen LogP contribution >= 0.6 is 0 Å². The van der Waals surface area contributed by atoms with Gasteiger partial charge in [0.05, 0.1) is 0 Å². The summed E-state index contributed by atoms with van der Waals surface area (Å²) >= 11 is 0. The fraction of sp³-hybridized carbons (Fsp3) is 0.867. The van der Waals surface area contributed by atoms with Crippen molar-refractivity contribution in [2.45, 2.75) is 71.3 Å². The van der Waals surface area contributed by atoms with Gasteiger partial charge in [-0.3, -0.25) is 9.59 Å². The third-order valence-electron chi connectivity index (χ3n) is 4.10. The van der Waals surface area contributed by atoms with Gasteiger partial charge in [0.15, 0.2) is 0 Å². The zero-order valence-corrected chi connectivity index (χ0v) is 12.2. The van der Waals surface area contributed by atoms with Gasteiger partial charge in [-0.05, 0) is 25.7 Å². The van der Waals surface area contributed by atoms with Crippen LogP contribution in [0.15, 0.2) is 0 Å². The quantitative estimate of drug-likeness (QED) is 0.736. The summed E-state index contributed by atoms with van der Waals surface area (Å²) in [6.45, 7) is 4.00. The van der Waals surface area contributed by atoms with Crippen LogP contribution in [0.4, 0.5) is 0 Å². The van der Waals surface area contributed by atoms with E-state index in [2.05, 4.69) is 6.92 Å². The Hall–Kier alpha value is -1.06. The smallest absolute Gasteiger partial charge is 0.323 e. The number of rotatable bonds is 8. The lowest BCUT2D eigenvalue weighted by molar-refractivity contribution is -0.148. The van der Waals surface area contributed by atoms with E-state index in [1.54, 1.807) is 4.90 Å². The Balaban J connectivity index is 2.70. The summed E-state index contributed by atoms with van der Waals surface area (Å²) in [6.07, 6.45) is 7.95. The van der Waals surface area contributed by atoms with E-state index in [1.165, 1.54) is 0 Å². The van der Waals surface area contributed by atoms with E-state index in [1.807, 2.05) is 6.92 Å². The largest absolute Gasteiger partial charge is 0.480 e. The van der Waals surface area contributed by atoms with Crippen LogP contribution in [-0.4, -0.2) is 34.5 Å². The van der Waals surface area contributed by atoms with Crippen molar-refractivity contribution < 1.29 is 14.7 Å². The lowest BCUT2D eigenvalue weighted by Crippen LogP contribution is -2.45. The number of carbonyl (C=O) groups excluding carboxylic acids is 1. The van der Waals surface area contributed by atoms with Crippen LogP contribution in [0, 0.1) is 5.92 Å². The van der Waals surface area contributed by atoms with Gasteiger partial charge in [0, 0.05) is 12.0 Å². The molecule has 1 unspecified atom stereocenters. The van der Waals surface area contributed by atoms with Gasteiger partial charge >= 0.3 is 5.97 Å². The van der Waals surface area contributed by atoms with Crippen molar-refractivity contribution in [1.82, 2.24) is 4.90 Å². The molecule has 0 aliphatic heterocycles. The maximum atomic E-state index is 12.6. The lowest BCUT2D eigenvalue weighted by atomic mass is 9.96. The van der Waals surface area contributed by atoms with Gasteiger partial charge in [-0.1, -0.05) is 39.5 Å². The van der Waals surface area contributed by atoms with Gasteiger partial charge in [-0.15, -0.1) is 0 Å². The number of hydrogen-bond donors (Lipinski definition) is 1. The molecule has 1 rings (SSSR count). The molecule has 110 valence electrons. The summed E-state index contributed by atoms with van der Waals surface area (Å²) in [5.74, 6) is -0.837. The van der Waals surface area contributed by atoms with E-state index < -0.39 is 5.97 Å². The minimum atomic E-state index is -0.898. The molecular weight excluding hydrogens is 242 g/mol. The van der Waals surface area contributed by atoms with Gasteiger partial charge < -0.3 is 10.0 Å². The van der Waals surface area contributed by atoms with Crippen LogP contribution in [0.1, 0.15) is 65.2 Å². The highest BCUT2D eigenvalue weighted by Gasteiger charge is 2.31. The maximum Gasteiger partial charge on any atom is 0.323 e. The Labute approximate surface area is 116 Å². The number of aliphatic carboxylic acids is 1. The average Bonchev–Trinajstić information content (AvgIpc) is 2.90. The van der Waals surface area contributed by atoms with Crippen molar-refractivity contribution >= 4 is 11.9 Å². The number of nitrogens with zero attached hydrogens (tertiary/aromatic N) is 1. The zero-order valence-electron chi connectivity index (χ0n) is 12.2. The standard InChI is InChI=1S/C15H27NO3/c1-3-5-8-12(4-2)15(19)16(11-14(17)18)13-9-6-7-10-13/h12-13H,3-11H2,1-2H3,(H,17,18). The first-order valence-corrected chi connectivity index (χ1v) is 7.62. The molecule has 4 nitrogen and oxygen atoms in total. The van der Waals surface area contributed by atoms with Gasteiger partial charge in [0.25, 0.3) is 0 Å². The average molecular weight is 269 g/mol. The molecule has 19 heavy (non-hydrogen) atoms. The molecule has 0 spiro atoms. The first-order chi connectivity index (χ1) is 9.10. The van der Waals surface area contributed by atoms with E-state index in [9.17, 15) is 9.59 Å². The van der Waals surface area contributed by atoms with Crippen LogP contribution in [0.5, 0.6) is 0 Å². The second kappa shape index (κ2) is 8.18. The second-order valence-corrected chi connectivity index (χ2v) is 5.55. The highest BCUT2D eigenvalue weighted by molar-refractivity contribution is 5.83. The monoisotopic (exact) mass is 269 g/mol. The van der Waals surface area contributed by atoms with Crippen LogP contribution in [-0.2, 0) is 9.59 Å². The van der Waals surface area contributed by atoms with Crippen LogP contribution in [0.3, 0.4) is 0 Å². The molecule has 1 amide bonds. The number of hydrogen-bond acceptors (Lipinski definition) is 2. The third-order valence-corrected chi connectivity index (χ3v) is 4.10. The summed E-state index contributed by atoms with van der Waals surface area (Å²) in [6, 6.07) is 0.152. The number of amides is 1. The first-order valence-electron chi connectivity index (χ1n) is 7.62. The number of carboxylic acids is 1. The van der Waals surface area contributed by atoms with Crippen molar-refractivity contribution in [2.75, 3.05) is 6.54 Å². The first kappa shape index (κ1) is 16.0. The molecule has 4 heteroatoms. The Morgan fingerprint density at radius 2 is 1.89 bits per heavy atom. The second-order valence-electron chi connectivity index (χ2n) is 5.55. The van der Waals surface area contributed by atoms with Crippen molar-refractivity contribution in [3.8, 4) is 0 Å². The van der Waals surface area contributed by atoms with Gasteiger partial charge in [-0.25, -0.2) is 0 Å². The Morgan fingerprint density at radius 1 is 1.26 bits per heavy atom. The molecule has 1 N–H and O–H groups in total. The molecule has 1 atom stereocenters.